The summed E-state index contributed by atoms with van der Waals surface area (Å²) in [5, 5.41) is 7.99. The van der Waals surface area contributed by atoms with Crippen LogP contribution < -0.4 is 11.3 Å². The van der Waals surface area contributed by atoms with Crippen molar-refractivity contribution in [3.05, 3.63) is 18.2 Å². The molecule has 2 rings (SSSR count). The Morgan fingerprint density at radius 1 is 1.41 bits per heavy atom. The lowest BCUT2D eigenvalue weighted by Crippen LogP contribution is -2.11. The van der Waals surface area contributed by atoms with Crippen LogP contribution in [0.25, 0.3) is 0 Å². The van der Waals surface area contributed by atoms with Crippen LogP contribution in [-0.2, 0) is 0 Å². The summed E-state index contributed by atoms with van der Waals surface area (Å²) in [4.78, 5) is 12.7. The molecule has 0 aliphatic carbocycles. The van der Waals surface area contributed by atoms with Crippen LogP contribution in [0.15, 0.2) is 22.6 Å². The fraction of sp³-hybridized carbons (Fsp3) is 0.333. The topological polar surface area (TPSA) is 105 Å². The summed E-state index contributed by atoms with van der Waals surface area (Å²) < 4.78 is 0. The molecule has 0 atom stereocenters. The largest absolute Gasteiger partial charge is 0.308 e. The molecule has 0 spiro atoms. The van der Waals surface area contributed by atoms with Gasteiger partial charge in [-0.3, -0.25) is 5.10 Å². The molecule has 0 bridgehead atoms. The highest BCUT2D eigenvalue weighted by Gasteiger charge is 2.09. The number of H-pyrrole nitrogens is 1. The average molecular weight is 251 g/mol. The van der Waals surface area contributed by atoms with Gasteiger partial charge in [0.2, 0.25) is 0 Å². The third kappa shape index (κ3) is 2.92. The van der Waals surface area contributed by atoms with Gasteiger partial charge in [0.1, 0.15) is 23.0 Å². The first-order valence-corrected chi connectivity index (χ1v) is 5.89. The maximum atomic E-state index is 5.38. The standard InChI is InChI=1S/C9H13N7S/c1-5(2)8-13-6(15-10)3-7(14-8)17-9-11-4-12-16-9/h3-5H,10H2,1-2H3,(H,11,12,16)(H,13,14,15). The van der Waals surface area contributed by atoms with Gasteiger partial charge in [-0.15, -0.1) is 0 Å². The Balaban J connectivity index is 2.29. The number of nitrogens with one attached hydrogen (secondary N) is 2. The van der Waals surface area contributed by atoms with Gasteiger partial charge < -0.3 is 5.43 Å². The van der Waals surface area contributed by atoms with E-state index in [9.17, 15) is 0 Å². The molecule has 2 aromatic heterocycles. The van der Waals surface area contributed by atoms with E-state index in [4.69, 9.17) is 5.84 Å². The molecule has 0 fully saturated rings. The molecule has 0 unspecified atom stereocenters. The summed E-state index contributed by atoms with van der Waals surface area (Å²) in [6.07, 6.45) is 1.45. The minimum Gasteiger partial charge on any atom is -0.308 e. The first-order valence-electron chi connectivity index (χ1n) is 5.08. The summed E-state index contributed by atoms with van der Waals surface area (Å²) in [6.45, 7) is 4.05. The lowest BCUT2D eigenvalue weighted by atomic mass is 10.2. The van der Waals surface area contributed by atoms with Crippen LogP contribution in [0.1, 0.15) is 25.6 Å². The minimum atomic E-state index is 0.234. The third-order valence-electron chi connectivity index (χ3n) is 1.98. The van der Waals surface area contributed by atoms with E-state index in [1.807, 2.05) is 13.8 Å². The maximum Gasteiger partial charge on any atom is 0.189 e. The molecule has 0 saturated heterocycles. The molecular weight excluding hydrogens is 238 g/mol. The van der Waals surface area contributed by atoms with E-state index < -0.39 is 0 Å². The number of anilines is 1. The van der Waals surface area contributed by atoms with E-state index in [1.165, 1.54) is 18.1 Å². The molecule has 0 saturated carbocycles. The van der Waals surface area contributed by atoms with Crippen LogP contribution in [0.2, 0.25) is 0 Å². The highest BCUT2D eigenvalue weighted by Crippen LogP contribution is 2.25. The first-order chi connectivity index (χ1) is 8.19. The summed E-state index contributed by atoms with van der Waals surface area (Å²) in [7, 11) is 0. The number of nitrogens with zero attached hydrogens (tertiary/aromatic N) is 4. The lowest BCUT2D eigenvalue weighted by Gasteiger charge is -2.08. The number of hydrazine groups is 1. The highest BCUT2D eigenvalue weighted by molar-refractivity contribution is 7.99. The normalized spacial score (nSPS) is 10.8. The number of aromatic amines is 1. The predicted molar refractivity (Wildman–Crippen MR) is 64.4 cm³/mol. The zero-order chi connectivity index (χ0) is 12.3. The van der Waals surface area contributed by atoms with Gasteiger partial charge in [-0.1, -0.05) is 13.8 Å². The quantitative estimate of drug-likeness (QED) is 0.425. The molecule has 0 aromatic carbocycles. The number of hydrogen-bond acceptors (Lipinski definition) is 7. The Labute approximate surface area is 103 Å². The van der Waals surface area contributed by atoms with Crippen molar-refractivity contribution in [2.24, 2.45) is 5.84 Å². The molecule has 4 N–H and O–H groups in total. The molecule has 0 aliphatic rings. The molecule has 7 nitrogen and oxygen atoms in total. The number of rotatable bonds is 4. The molecule has 90 valence electrons. The zero-order valence-corrected chi connectivity index (χ0v) is 10.3. The molecule has 0 amide bonds. The molecule has 0 radical (unpaired) electrons. The maximum absolute atomic E-state index is 5.38. The fourth-order valence-corrected chi connectivity index (χ4v) is 1.88. The van der Waals surface area contributed by atoms with Gasteiger partial charge in [0.05, 0.1) is 0 Å². The summed E-state index contributed by atoms with van der Waals surface area (Å²) in [6, 6.07) is 1.76. The van der Waals surface area contributed by atoms with Gasteiger partial charge in [0.25, 0.3) is 0 Å². The second-order valence-corrected chi connectivity index (χ2v) is 4.65. The number of hydrogen-bond donors (Lipinski definition) is 3. The van der Waals surface area contributed by atoms with Gasteiger partial charge in [0.15, 0.2) is 5.16 Å². The lowest BCUT2D eigenvalue weighted by molar-refractivity contribution is 0.754. The number of nitrogen functional groups attached to an aromatic ring is 1. The van der Waals surface area contributed by atoms with Crippen molar-refractivity contribution in [2.45, 2.75) is 29.9 Å². The summed E-state index contributed by atoms with van der Waals surface area (Å²) >= 11 is 1.38. The van der Waals surface area contributed by atoms with Gasteiger partial charge >= 0.3 is 0 Å². The smallest absolute Gasteiger partial charge is 0.189 e. The summed E-state index contributed by atoms with van der Waals surface area (Å²) in [5.41, 5.74) is 2.53. The first kappa shape index (κ1) is 11.8. The Bertz CT molecular complexity index is 482. The number of nitrogens with two attached hydrogens (primary N) is 1. The van der Waals surface area contributed by atoms with E-state index in [2.05, 4.69) is 30.6 Å². The van der Waals surface area contributed by atoms with Gasteiger partial charge in [-0.25, -0.2) is 20.8 Å². The number of aromatic nitrogens is 5. The van der Waals surface area contributed by atoms with Crippen molar-refractivity contribution >= 4 is 17.6 Å². The van der Waals surface area contributed by atoms with Crippen molar-refractivity contribution in [2.75, 3.05) is 5.43 Å². The van der Waals surface area contributed by atoms with Crippen LogP contribution in [0.4, 0.5) is 5.82 Å². The fourth-order valence-electron chi connectivity index (χ4n) is 1.17. The SMILES string of the molecule is CC(C)c1nc(NN)cc(Sc2ncn[nH]2)n1. The van der Waals surface area contributed by atoms with Crippen molar-refractivity contribution in [3.8, 4) is 0 Å². The Kier molecular flexibility index (Phi) is 3.55. The van der Waals surface area contributed by atoms with Gasteiger partial charge in [0, 0.05) is 12.0 Å². The summed E-state index contributed by atoms with van der Waals surface area (Å²) in [5.74, 6) is 6.94. The van der Waals surface area contributed by atoms with Gasteiger partial charge in [-0.2, -0.15) is 5.10 Å². The molecule has 17 heavy (non-hydrogen) atoms. The predicted octanol–water partition coefficient (Wildman–Crippen LogP) is 1.15. The van der Waals surface area contributed by atoms with Crippen LogP contribution in [0.3, 0.4) is 0 Å². The van der Waals surface area contributed by atoms with Crippen LogP contribution in [-0.4, -0.2) is 25.1 Å². The van der Waals surface area contributed by atoms with Crippen LogP contribution >= 0.6 is 11.8 Å². The highest BCUT2D eigenvalue weighted by atomic mass is 32.2. The molecule has 0 aliphatic heterocycles. The van der Waals surface area contributed by atoms with E-state index in [1.54, 1.807) is 6.07 Å². The van der Waals surface area contributed by atoms with Crippen molar-refractivity contribution in [1.29, 1.82) is 0 Å². The van der Waals surface area contributed by atoms with Crippen molar-refractivity contribution in [1.82, 2.24) is 25.1 Å². The Hall–Kier alpha value is -1.67. The van der Waals surface area contributed by atoms with Crippen molar-refractivity contribution < 1.29 is 0 Å². The minimum absolute atomic E-state index is 0.234. The van der Waals surface area contributed by atoms with E-state index in [0.717, 1.165) is 10.9 Å². The van der Waals surface area contributed by atoms with E-state index >= 15 is 0 Å². The molecule has 8 heteroatoms. The third-order valence-corrected chi connectivity index (χ3v) is 2.79. The Morgan fingerprint density at radius 2 is 2.24 bits per heavy atom. The molecule has 2 heterocycles. The van der Waals surface area contributed by atoms with E-state index in [-0.39, 0.29) is 5.92 Å². The second-order valence-electron chi connectivity index (χ2n) is 3.64. The van der Waals surface area contributed by atoms with Crippen molar-refractivity contribution in [3.63, 3.8) is 0 Å². The average Bonchev–Trinajstić information content (AvgIpc) is 2.81. The van der Waals surface area contributed by atoms with E-state index in [0.29, 0.717) is 11.0 Å². The monoisotopic (exact) mass is 251 g/mol. The van der Waals surface area contributed by atoms with Gasteiger partial charge in [-0.05, 0) is 11.8 Å². The second kappa shape index (κ2) is 5.11. The Morgan fingerprint density at radius 3 is 2.82 bits per heavy atom. The van der Waals surface area contributed by atoms with Crippen LogP contribution in [0.5, 0.6) is 0 Å². The molecular formula is C9H13N7S. The molecule has 2 aromatic rings. The van der Waals surface area contributed by atoms with Crippen LogP contribution in [0, 0.1) is 0 Å². The zero-order valence-electron chi connectivity index (χ0n) is 9.51.